The van der Waals surface area contributed by atoms with Gasteiger partial charge in [0.25, 0.3) is 0 Å². The highest BCUT2D eigenvalue weighted by Crippen LogP contribution is 2.34. The van der Waals surface area contributed by atoms with Crippen LogP contribution in [-0.2, 0) is 10.0 Å². The number of aliphatic hydroxyl groups is 1. The second-order valence-corrected chi connectivity index (χ2v) is 9.13. The van der Waals surface area contributed by atoms with E-state index < -0.39 is 16.1 Å². The quantitative estimate of drug-likeness (QED) is 0.763. The Morgan fingerprint density at radius 2 is 1.76 bits per heavy atom. The average molecular weight is 419 g/mol. The van der Waals surface area contributed by atoms with E-state index in [1.54, 1.807) is 0 Å². The minimum atomic E-state index is -3.89. The van der Waals surface area contributed by atoms with Crippen molar-refractivity contribution in [2.45, 2.75) is 38.1 Å². The first-order valence-electron chi connectivity index (χ1n) is 6.27. The van der Waals surface area contributed by atoms with E-state index in [1.165, 1.54) is 12.1 Å². The van der Waals surface area contributed by atoms with Gasteiger partial charge in [0.05, 0.1) is 10.0 Å². The Hall–Kier alpha value is 0.150. The molecule has 0 amide bonds. The van der Waals surface area contributed by atoms with Crippen molar-refractivity contribution in [3.63, 3.8) is 0 Å². The van der Waals surface area contributed by atoms with Gasteiger partial charge in [-0.15, -0.1) is 0 Å². The van der Waals surface area contributed by atoms with E-state index in [0.29, 0.717) is 10.9 Å². The standard InChI is InChI=1S/C13H18BrCl2NO3S/c1-13(2,3)11(4-5-18)17-21(19,20)12-9(15)6-8(14)7-10(12)16/h6-7,11,17-18H,4-5H2,1-3H3. The van der Waals surface area contributed by atoms with Crippen LogP contribution in [0, 0.1) is 5.41 Å². The number of nitrogens with one attached hydrogen (secondary N) is 1. The van der Waals surface area contributed by atoms with Crippen LogP contribution in [0.4, 0.5) is 0 Å². The summed E-state index contributed by atoms with van der Waals surface area (Å²) in [4.78, 5) is -0.152. The van der Waals surface area contributed by atoms with Gasteiger partial charge >= 0.3 is 0 Å². The average Bonchev–Trinajstić information content (AvgIpc) is 2.24. The van der Waals surface area contributed by atoms with Crippen molar-refractivity contribution >= 4 is 49.2 Å². The first-order chi connectivity index (χ1) is 9.49. The van der Waals surface area contributed by atoms with Crippen LogP contribution >= 0.6 is 39.1 Å². The molecule has 2 N–H and O–H groups in total. The Kier molecular flexibility index (Phi) is 6.54. The van der Waals surface area contributed by atoms with Crippen LogP contribution in [-0.4, -0.2) is 26.2 Å². The van der Waals surface area contributed by atoms with Gasteiger partial charge in [0.1, 0.15) is 4.90 Å². The fraction of sp³-hybridized carbons (Fsp3) is 0.538. The third-order valence-corrected chi connectivity index (χ3v) is 5.84. The highest BCUT2D eigenvalue weighted by Gasteiger charge is 2.31. The van der Waals surface area contributed by atoms with Crippen molar-refractivity contribution in [2.24, 2.45) is 5.41 Å². The summed E-state index contributed by atoms with van der Waals surface area (Å²) in [5, 5.41) is 9.20. The molecule has 0 saturated carbocycles. The minimum absolute atomic E-state index is 0.0403. The minimum Gasteiger partial charge on any atom is -0.396 e. The number of hydrogen-bond donors (Lipinski definition) is 2. The molecule has 1 atom stereocenters. The normalized spacial score (nSPS) is 14.2. The molecule has 1 aromatic rings. The second-order valence-electron chi connectivity index (χ2n) is 5.75. The topological polar surface area (TPSA) is 66.4 Å². The van der Waals surface area contributed by atoms with E-state index >= 15 is 0 Å². The molecule has 21 heavy (non-hydrogen) atoms. The van der Waals surface area contributed by atoms with Crippen LogP contribution in [0.15, 0.2) is 21.5 Å². The summed E-state index contributed by atoms with van der Waals surface area (Å²) in [5.74, 6) is 0. The third-order valence-electron chi connectivity index (χ3n) is 2.99. The highest BCUT2D eigenvalue weighted by molar-refractivity contribution is 9.10. The molecule has 0 aliphatic heterocycles. The van der Waals surface area contributed by atoms with Crippen molar-refractivity contribution in [1.82, 2.24) is 4.72 Å². The number of benzene rings is 1. The van der Waals surface area contributed by atoms with E-state index in [-0.39, 0.29) is 27.0 Å². The van der Waals surface area contributed by atoms with Crippen LogP contribution in [0.3, 0.4) is 0 Å². The zero-order valence-corrected chi connectivity index (χ0v) is 15.9. The van der Waals surface area contributed by atoms with Crippen molar-refractivity contribution in [3.05, 3.63) is 26.7 Å². The van der Waals surface area contributed by atoms with Crippen molar-refractivity contribution < 1.29 is 13.5 Å². The summed E-state index contributed by atoms with van der Waals surface area (Å²) in [7, 11) is -3.89. The third kappa shape index (κ3) is 5.08. The van der Waals surface area contributed by atoms with E-state index in [4.69, 9.17) is 28.3 Å². The van der Waals surface area contributed by atoms with Crippen LogP contribution in [0.25, 0.3) is 0 Å². The van der Waals surface area contributed by atoms with Gasteiger partial charge in [-0.25, -0.2) is 13.1 Å². The van der Waals surface area contributed by atoms with Gasteiger partial charge in [-0.3, -0.25) is 0 Å². The molecule has 4 nitrogen and oxygen atoms in total. The van der Waals surface area contributed by atoms with Gasteiger partial charge in [0, 0.05) is 17.1 Å². The molecule has 0 radical (unpaired) electrons. The van der Waals surface area contributed by atoms with E-state index in [1.807, 2.05) is 20.8 Å². The smallest absolute Gasteiger partial charge is 0.243 e. The summed E-state index contributed by atoms with van der Waals surface area (Å²) in [5.41, 5.74) is -0.357. The molecule has 0 spiro atoms. The van der Waals surface area contributed by atoms with E-state index in [2.05, 4.69) is 20.7 Å². The first-order valence-corrected chi connectivity index (χ1v) is 9.30. The number of halogens is 3. The lowest BCUT2D eigenvalue weighted by molar-refractivity contribution is 0.214. The Labute approximate surface area is 144 Å². The van der Waals surface area contributed by atoms with Gasteiger partial charge in [0.2, 0.25) is 10.0 Å². The summed E-state index contributed by atoms with van der Waals surface area (Å²) in [6.45, 7) is 5.55. The lowest BCUT2D eigenvalue weighted by Gasteiger charge is -2.31. The van der Waals surface area contributed by atoms with Crippen molar-refractivity contribution in [1.29, 1.82) is 0 Å². The molecule has 8 heteroatoms. The molecule has 0 saturated heterocycles. The molecule has 0 heterocycles. The second kappa shape index (κ2) is 7.15. The number of rotatable bonds is 5. The first kappa shape index (κ1) is 19.2. The van der Waals surface area contributed by atoms with Gasteiger partial charge in [-0.1, -0.05) is 59.9 Å². The lowest BCUT2D eigenvalue weighted by atomic mass is 9.86. The summed E-state index contributed by atoms with van der Waals surface area (Å²) >= 11 is 15.2. The monoisotopic (exact) mass is 417 g/mol. The number of sulfonamides is 1. The molecule has 1 unspecified atom stereocenters. The van der Waals surface area contributed by atoms with Crippen LogP contribution in [0.1, 0.15) is 27.2 Å². The zero-order chi connectivity index (χ0) is 16.4. The molecule has 0 fully saturated rings. The summed E-state index contributed by atoms with van der Waals surface area (Å²) in [6, 6.07) is 2.50. The van der Waals surface area contributed by atoms with Crippen LogP contribution in [0.5, 0.6) is 0 Å². The maximum atomic E-state index is 12.5. The van der Waals surface area contributed by atoms with Crippen molar-refractivity contribution in [3.8, 4) is 0 Å². The Morgan fingerprint density at radius 1 is 1.29 bits per heavy atom. The number of hydrogen-bond acceptors (Lipinski definition) is 3. The Bertz CT molecular complexity index is 591. The summed E-state index contributed by atoms with van der Waals surface area (Å²) in [6.07, 6.45) is 0.300. The molecule has 0 bridgehead atoms. The molecular weight excluding hydrogens is 401 g/mol. The van der Waals surface area contributed by atoms with Crippen LogP contribution in [0.2, 0.25) is 10.0 Å². The maximum absolute atomic E-state index is 12.5. The van der Waals surface area contributed by atoms with Crippen LogP contribution < -0.4 is 4.72 Å². The maximum Gasteiger partial charge on any atom is 0.243 e. The van der Waals surface area contributed by atoms with Crippen molar-refractivity contribution in [2.75, 3.05) is 6.61 Å². The van der Waals surface area contributed by atoms with E-state index in [0.717, 1.165) is 0 Å². The lowest BCUT2D eigenvalue weighted by Crippen LogP contribution is -2.44. The summed E-state index contributed by atoms with van der Waals surface area (Å²) < 4.78 is 28.3. The molecule has 0 aliphatic rings. The highest BCUT2D eigenvalue weighted by atomic mass is 79.9. The molecule has 0 aromatic heterocycles. The Morgan fingerprint density at radius 3 is 2.14 bits per heavy atom. The largest absolute Gasteiger partial charge is 0.396 e. The SMILES string of the molecule is CC(C)(C)C(CCO)NS(=O)(=O)c1c(Cl)cc(Br)cc1Cl. The molecule has 1 aromatic carbocycles. The zero-order valence-electron chi connectivity index (χ0n) is 12.0. The molecule has 120 valence electrons. The molecular formula is C13H18BrCl2NO3S. The van der Waals surface area contributed by atoms with Gasteiger partial charge < -0.3 is 5.11 Å². The van der Waals surface area contributed by atoms with Gasteiger partial charge in [0.15, 0.2) is 0 Å². The van der Waals surface area contributed by atoms with Gasteiger partial charge in [-0.2, -0.15) is 0 Å². The van der Waals surface area contributed by atoms with E-state index in [9.17, 15) is 8.42 Å². The molecule has 1 rings (SSSR count). The fourth-order valence-electron chi connectivity index (χ4n) is 1.83. The molecule has 0 aliphatic carbocycles. The fourth-order valence-corrected chi connectivity index (χ4v) is 5.24. The Balaban J connectivity index is 3.23. The number of aliphatic hydroxyl groups excluding tert-OH is 1. The predicted octanol–water partition coefficient (Wildman–Crippen LogP) is 3.83. The van der Waals surface area contributed by atoms with Gasteiger partial charge in [-0.05, 0) is 24.0 Å². The predicted molar refractivity (Wildman–Crippen MR) is 89.4 cm³/mol.